The molecule has 3 heteroatoms. The van der Waals surface area contributed by atoms with Crippen molar-refractivity contribution in [1.82, 2.24) is 9.80 Å². The fourth-order valence-corrected chi connectivity index (χ4v) is 5.31. The summed E-state index contributed by atoms with van der Waals surface area (Å²) in [7, 11) is 0. The minimum atomic E-state index is 0.932. The molecular formula is C19H28N2S. The van der Waals surface area contributed by atoms with E-state index in [0.29, 0.717) is 0 Å². The van der Waals surface area contributed by atoms with Crippen molar-refractivity contribution in [3.63, 3.8) is 0 Å². The maximum atomic E-state index is 2.82. The van der Waals surface area contributed by atoms with Crippen LogP contribution in [0.4, 0.5) is 0 Å². The molecule has 1 saturated heterocycles. The van der Waals surface area contributed by atoms with Gasteiger partial charge in [0, 0.05) is 43.7 Å². The molecule has 3 atom stereocenters. The highest BCUT2D eigenvalue weighted by Crippen LogP contribution is 2.46. The molecular weight excluding hydrogens is 288 g/mol. The molecule has 3 unspecified atom stereocenters. The van der Waals surface area contributed by atoms with Crippen LogP contribution in [0.3, 0.4) is 0 Å². The molecule has 0 spiro atoms. The van der Waals surface area contributed by atoms with Crippen molar-refractivity contribution in [2.75, 3.05) is 32.4 Å². The molecule has 4 rings (SSSR count). The summed E-state index contributed by atoms with van der Waals surface area (Å²) < 4.78 is 0. The fraction of sp³-hybridized carbons (Fsp3) is 0.684. The molecule has 1 aromatic carbocycles. The van der Waals surface area contributed by atoms with Crippen molar-refractivity contribution in [1.29, 1.82) is 0 Å². The lowest BCUT2D eigenvalue weighted by molar-refractivity contribution is 0.0679. The number of hydrogen-bond acceptors (Lipinski definition) is 3. The van der Waals surface area contributed by atoms with E-state index in [1.54, 1.807) is 0 Å². The van der Waals surface area contributed by atoms with E-state index in [9.17, 15) is 0 Å². The molecule has 0 amide bonds. The largest absolute Gasteiger partial charge is 0.298 e. The lowest BCUT2D eigenvalue weighted by Gasteiger charge is -2.41. The van der Waals surface area contributed by atoms with Gasteiger partial charge in [-0.3, -0.25) is 9.80 Å². The van der Waals surface area contributed by atoms with Crippen molar-refractivity contribution < 1.29 is 0 Å². The zero-order chi connectivity index (χ0) is 14.9. The molecule has 22 heavy (non-hydrogen) atoms. The SMILES string of the molecule is CSc1ccc(CN2CCN(C3CC4CCC3C4)CC2)cc1. The first kappa shape index (κ1) is 15.0. The molecule has 3 aliphatic rings. The number of rotatable bonds is 4. The number of benzene rings is 1. The third-order valence-electron chi connectivity index (χ3n) is 6.14. The van der Waals surface area contributed by atoms with Crippen LogP contribution in [0.1, 0.15) is 31.2 Å². The average molecular weight is 317 g/mol. The van der Waals surface area contributed by atoms with Gasteiger partial charge in [-0.1, -0.05) is 18.6 Å². The predicted octanol–water partition coefficient (Wildman–Crippen LogP) is 3.71. The highest BCUT2D eigenvalue weighted by Gasteiger charge is 2.42. The summed E-state index contributed by atoms with van der Waals surface area (Å²) >= 11 is 1.82. The molecule has 2 nitrogen and oxygen atoms in total. The third-order valence-corrected chi connectivity index (χ3v) is 6.89. The van der Waals surface area contributed by atoms with Gasteiger partial charge < -0.3 is 0 Å². The Balaban J connectivity index is 1.28. The highest BCUT2D eigenvalue weighted by atomic mass is 32.2. The molecule has 3 fully saturated rings. The maximum Gasteiger partial charge on any atom is 0.0234 e. The summed E-state index contributed by atoms with van der Waals surface area (Å²) in [5.41, 5.74) is 1.46. The van der Waals surface area contributed by atoms with Gasteiger partial charge in [-0.05, 0) is 55.1 Å². The van der Waals surface area contributed by atoms with Gasteiger partial charge in [0.05, 0.1) is 0 Å². The second-order valence-electron chi connectivity index (χ2n) is 7.40. The van der Waals surface area contributed by atoms with Gasteiger partial charge in [0.2, 0.25) is 0 Å². The van der Waals surface area contributed by atoms with Crippen molar-refractivity contribution >= 4 is 11.8 Å². The van der Waals surface area contributed by atoms with Crippen LogP contribution in [0.5, 0.6) is 0 Å². The Kier molecular flexibility index (Phi) is 4.47. The Labute approximate surface area is 139 Å². The van der Waals surface area contributed by atoms with E-state index in [1.807, 2.05) is 11.8 Å². The van der Waals surface area contributed by atoms with E-state index in [0.717, 1.165) is 24.4 Å². The molecule has 0 radical (unpaired) electrons. The summed E-state index contributed by atoms with van der Waals surface area (Å²) in [5.74, 6) is 2.11. The minimum Gasteiger partial charge on any atom is -0.298 e. The van der Waals surface area contributed by atoms with Crippen LogP contribution in [-0.4, -0.2) is 48.3 Å². The molecule has 2 bridgehead atoms. The molecule has 0 aromatic heterocycles. The molecule has 2 aliphatic carbocycles. The smallest absolute Gasteiger partial charge is 0.0234 e. The molecule has 1 heterocycles. The second kappa shape index (κ2) is 6.54. The van der Waals surface area contributed by atoms with Crippen LogP contribution in [0, 0.1) is 11.8 Å². The number of nitrogens with zero attached hydrogens (tertiary/aromatic N) is 2. The molecule has 1 aliphatic heterocycles. The summed E-state index contributed by atoms with van der Waals surface area (Å²) in [5, 5.41) is 0. The van der Waals surface area contributed by atoms with Gasteiger partial charge in [-0.2, -0.15) is 0 Å². The van der Waals surface area contributed by atoms with Gasteiger partial charge in [-0.15, -0.1) is 11.8 Å². The Morgan fingerprint density at radius 3 is 2.36 bits per heavy atom. The first-order valence-electron chi connectivity index (χ1n) is 8.91. The summed E-state index contributed by atoms with van der Waals surface area (Å²) in [6.07, 6.45) is 8.21. The van der Waals surface area contributed by atoms with E-state index >= 15 is 0 Å². The first-order valence-corrected chi connectivity index (χ1v) is 10.1. The molecule has 120 valence electrons. The lowest BCUT2D eigenvalue weighted by Crippen LogP contribution is -2.51. The van der Waals surface area contributed by atoms with E-state index in [2.05, 4.69) is 40.3 Å². The van der Waals surface area contributed by atoms with Crippen LogP contribution in [-0.2, 0) is 6.54 Å². The third kappa shape index (κ3) is 3.08. The highest BCUT2D eigenvalue weighted by molar-refractivity contribution is 7.98. The standard InChI is InChI=1S/C19H28N2S/c1-22-18-6-3-15(4-7-18)14-20-8-10-21(11-9-20)19-13-16-2-5-17(19)12-16/h3-4,6-7,16-17,19H,2,5,8-14H2,1H3. The second-order valence-corrected chi connectivity index (χ2v) is 8.28. The number of thioether (sulfide) groups is 1. The van der Waals surface area contributed by atoms with Crippen LogP contribution in [0.15, 0.2) is 29.2 Å². The first-order chi connectivity index (χ1) is 10.8. The summed E-state index contributed by atoms with van der Waals surface area (Å²) in [4.78, 5) is 6.82. The molecule has 2 saturated carbocycles. The van der Waals surface area contributed by atoms with Gasteiger partial charge in [0.25, 0.3) is 0 Å². The Morgan fingerprint density at radius 2 is 1.77 bits per heavy atom. The quantitative estimate of drug-likeness (QED) is 0.782. The van der Waals surface area contributed by atoms with Gasteiger partial charge in [-0.25, -0.2) is 0 Å². The average Bonchev–Trinajstić information content (AvgIpc) is 3.19. The van der Waals surface area contributed by atoms with Crippen LogP contribution >= 0.6 is 11.8 Å². The Morgan fingerprint density at radius 1 is 1.00 bits per heavy atom. The maximum absolute atomic E-state index is 2.82. The van der Waals surface area contributed by atoms with E-state index < -0.39 is 0 Å². The van der Waals surface area contributed by atoms with Crippen LogP contribution in [0.25, 0.3) is 0 Å². The zero-order valence-corrected chi connectivity index (χ0v) is 14.5. The Bertz CT molecular complexity index is 493. The normalized spacial score (nSPS) is 32.7. The monoisotopic (exact) mass is 316 g/mol. The van der Waals surface area contributed by atoms with E-state index in [-0.39, 0.29) is 0 Å². The zero-order valence-electron chi connectivity index (χ0n) is 13.7. The predicted molar refractivity (Wildman–Crippen MR) is 94.3 cm³/mol. The van der Waals surface area contributed by atoms with Gasteiger partial charge in [0.15, 0.2) is 0 Å². The molecule has 1 aromatic rings. The van der Waals surface area contributed by atoms with E-state index in [4.69, 9.17) is 0 Å². The topological polar surface area (TPSA) is 6.48 Å². The Hall–Kier alpha value is -0.510. The van der Waals surface area contributed by atoms with E-state index in [1.165, 1.54) is 62.3 Å². The molecule has 0 N–H and O–H groups in total. The number of hydrogen-bond donors (Lipinski definition) is 0. The number of piperazine rings is 1. The lowest BCUT2D eigenvalue weighted by atomic mass is 9.93. The van der Waals surface area contributed by atoms with Gasteiger partial charge >= 0.3 is 0 Å². The summed E-state index contributed by atoms with van der Waals surface area (Å²) in [6, 6.07) is 10.0. The van der Waals surface area contributed by atoms with Crippen LogP contribution in [0.2, 0.25) is 0 Å². The van der Waals surface area contributed by atoms with Crippen molar-refractivity contribution in [2.24, 2.45) is 11.8 Å². The number of fused-ring (bicyclic) bond motifs is 2. The van der Waals surface area contributed by atoms with Crippen molar-refractivity contribution in [2.45, 2.75) is 43.2 Å². The van der Waals surface area contributed by atoms with Crippen molar-refractivity contribution in [3.05, 3.63) is 29.8 Å². The van der Waals surface area contributed by atoms with Crippen LogP contribution < -0.4 is 0 Å². The fourth-order valence-electron chi connectivity index (χ4n) is 4.90. The van der Waals surface area contributed by atoms with Gasteiger partial charge in [0.1, 0.15) is 0 Å². The van der Waals surface area contributed by atoms with Crippen molar-refractivity contribution in [3.8, 4) is 0 Å². The minimum absolute atomic E-state index is 0.932. The summed E-state index contributed by atoms with van der Waals surface area (Å²) in [6.45, 7) is 6.20.